The average molecular weight is 310 g/mol. The van der Waals surface area contributed by atoms with Gasteiger partial charge in [-0.2, -0.15) is 10.2 Å². The smallest absolute Gasteiger partial charge is 0.258 e. The highest BCUT2D eigenvalue weighted by Crippen LogP contribution is 2.38. The van der Waals surface area contributed by atoms with E-state index >= 15 is 0 Å². The van der Waals surface area contributed by atoms with Crippen molar-refractivity contribution in [3.63, 3.8) is 0 Å². The van der Waals surface area contributed by atoms with Gasteiger partial charge in [-0.3, -0.25) is 9.78 Å². The molecular weight excluding hydrogens is 296 g/mol. The normalized spacial score (nSPS) is 16.3. The SMILES string of the molecule is COc1cccc(C2C(C#N)=C(N)Nc3nc(N)[nH]c(=O)c32)c1. The molecule has 0 saturated carbocycles. The zero-order valence-electron chi connectivity index (χ0n) is 12.3. The van der Waals surface area contributed by atoms with Crippen molar-refractivity contribution < 1.29 is 4.74 Å². The maximum absolute atomic E-state index is 12.4. The van der Waals surface area contributed by atoms with E-state index in [4.69, 9.17) is 16.2 Å². The number of nitrogens with zero attached hydrogens (tertiary/aromatic N) is 2. The number of aromatic amines is 1. The first-order chi connectivity index (χ1) is 11.0. The number of H-pyrrole nitrogens is 1. The first-order valence-corrected chi connectivity index (χ1v) is 6.75. The number of nitrogen functional groups attached to an aromatic ring is 1. The zero-order valence-corrected chi connectivity index (χ0v) is 12.3. The van der Waals surface area contributed by atoms with E-state index < -0.39 is 11.5 Å². The highest BCUT2D eigenvalue weighted by atomic mass is 16.5. The van der Waals surface area contributed by atoms with Gasteiger partial charge in [-0.15, -0.1) is 0 Å². The summed E-state index contributed by atoms with van der Waals surface area (Å²) in [4.78, 5) is 18.9. The summed E-state index contributed by atoms with van der Waals surface area (Å²) >= 11 is 0. The molecule has 6 N–H and O–H groups in total. The molecule has 1 aliphatic rings. The summed E-state index contributed by atoms with van der Waals surface area (Å²) < 4.78 is 5.21. The van der Waals surface area contributed by atoms with Crippen molar-refractivity contribution in [2.75, 3.05) is 18.2 Å². The topological polar surface area (TPSA) is 143 Å². The molecule has 2 heterocycles. The van der Waals surface area contributed by atoms with Crippen molar-refractivity contribution in [2.45, 2.75) is 5.92 Å². The van der Waals surface area contributed by atoms with Crippen molar-refractivity contribution in [1.82, 2.24) is 9.97 Å². The summed E-state index contributed by atoms with van der Waals surface area (Å²) in [7, 11) is 1.54. The summed E-state index contributed by atoms with van der Waals surface area (Å²) in [5, 5.41) is 12.2. The maximum Gasteiger partial charge on any atom is 0.258 e. The van der Waals surface area contributed by atoms with Gasteiger partial charge in [-0.25, -0.2) is 0 Å². The Morgan fingerprint density at radius 2 is 2.17 bits per heavy atom. The van der Waals surface area contributed by atoms with Gasteiger partial charge in [0.05, 0.1) is 30.2 Å². The largest absolute Gasteiger partial charge is 0.497 e. The van der Waals surface area contributed by atoms with Crippen molar-refractivity contribution in [1.29, 1.82) is 5.26 Å². The summed E-state index contributed by atoms with van der Waals surface area (Å²) in [6.07, 6.45) is 0. The van der Waals surface area contributed by atoms with Gasteiger partial charge in [0, 0.05) is 0 Å². The molecule has 0 radical (unpaired) electrons. The minimum atomic E-state index is -0.650. The molecule has 1 aliphatic heterocycles. The Bertz CT molecular complexity index is 909. The van der Waals surface area contributed by atoms with E-state index in [1.807, 2.05) is 0 Å². The van der Waals surface area contributed by atoms with Crippen LogP contribution in [-0.2, 0) is 0 Å². The molecule has 0 saturated heterocycles. The van der Waals surface area contributed by atoms with Crippen LogP contribution in [0, 0.1) is 11.3 Å². The summed E-state index contributed by atoms with van der Waals surface area (Å²) in [6, 6.07) is 9.16. The molecule has 0 bridgehead atoms. The Kier molecular flexibility index (Phi) is 3.38. The second-order valence-corrected chi connectivity index (χ2v) is 4.99. The number of allylic oxidation sites excluding steroid dienone is 1. The predicted octanol–water partition coefficient (Wildman–Crippen LogP) is 0.612. The van der Waals surface area contributed by atoms with Crippen molar-refractivity contribution in [3.05, 3.63) is 57.1 Å². The monoisotopic (exact) mass is 310 g/mol. The Hall–Kier alpha value is -3.47. The second-order valence-electron chi connectivity index (χ2n) is 4.99. The van der Waals surface area contributed by atoms with E-state index in [1.165, 1.54) is 0 Å². The standard InChI is InChI=1S/C15H14N6O2/c1-23-8-4-2-3-7(5-8)10-9(6-16)12(17)19-13-11(10)14(22)21-15(18)20-13/h2-5,10H,17H2,1H3,(H4,18,19,20,21,22). The lowest BCUT2D eigenvalue weighted by atomic mass is 9.84. The number of fused-ring (bicyclic) bond motifs is 1. The zero-order chi connectivity index (χ0) is 16.6. The van der Waals surface area contributed by atoms with Crippen LogP contribution in [0.4, 0.5) is 11.8 Å². The molecule has 1 unspecified atom stereocenters. The summed E-state index contributed by atoms with van der Waals surface area (Å²) in [6.45, 7) is 0. The maximum atomic E-state index is 12.4. The number of ether oxygens (including phenoxy) is 1. The van der Waals surface area contributed by atoms with E-state index in [9.17, 15) is 10.1 Å². The molecule has 3 rings (SSSR count). The second kappa shape index (κ2) is 5.38. The first-order valence-electron chi connectivity index (χ1n) is 6.75. The molecule has 116 valence electrons. The molecule has 8 nitrogen and oxygen atoms in total. The molecule has 8 heteroatoms. The van der Waals surface area contributed by atoms with Gasteiger partial charge in [0.25, 0.3) is 5.56 Å². The Labute approximate surface area is 131 Å². The molecule has 23 heavy (non-hydrogen) atoms. The van der Waals surface area contributed by atoms with E-state index in [0.717, 1.165) is 0 Å². The number of nitriles is 1. The fourth-order valence-corrected chi connectivity index (χ4v) is 2.64. The van der Waals surface area contributed by atoms with Gasteiger partial charge < -0.3 is 21.5 Å². The number of benzene rings is 1. The van der Waals surface area contributed by atoms with Crippen LogP contribution in [0.15, 0.2) is 40.5 Å². The van der Waals surface area contributed by atoms with Crippen molar-refractivity contribution in [2.24, 2.45) is 5.73 Å². The fraction of sp³-hybridized carbons (Fsp3) is 0.133. The van der Waals surface area contributed by atoms with Crippen LogP contribution in [-0.4, -0.2) is 17.1 Å². The number of nitrogens with two attached hydrogens (primary N) is 2. The van der Waals surface area contributed by atoms with E-state index in [-0.39, 0.29) is 23.2 Å². The van der Waals surface area contributed by atoms with Gasteiger partial charge in [0.1, 0.15) is 17.4 Å². The molecule has 1 aromatic heterocycles. The lowest BCUT2D eigenvalue weighted by Gasteiger charge is -2.26. The van der Waals surface area contributed by atoms with Gasteiger partial charge in [-0.05, 0) is 17.7 Å². The van der Waals surface area contributed by atoms with Crippen LogP contribution >= 0.6 is 0 Å². The molecule has 1 atom stereocenters. The molecular formula is C15H14N6O2. The van der Waals surface area contributed by atoms with Crippen LogP contribution in [0.3, 0.4) is 0 Å². The third kappa shape index (κ3) is 2.34. The van der Waals surface area contributed by atoms with E-state index in [1.54, 1.807) is 31.4 Å². The first kappa shape index (κ1) is 14.5. The number of hydrogen-bond acceptors (Lipinski definition) is 7. The lowest BCUT2D eigenvalue weighted by molar-refractivity contribution is 0.414. The lowest BCUT2D eigenvalue weighted by Crippen LogP contribution is -2.30. The van der Waals surface area contributed by atoms with Gasteiger partial charge in [-0.1, -0.05) is 12.1 Å². The van der Waals surface area contributed by atoms with Gasteiger partial charge in [0.15, 0.2) is 0 Å². The number of aromatic nitrogens is 2. The van der Waals surface area contributed by atoms with E-state index in [2.05, 4.69) is 21.4 Å². The number of anilines is 2. The molecule has 1 aromatic carbocycles. The van der Waals surface area contributed by atoms with E-state index in [0.29, 0.717) is 16.9 Å². The van der Waals surface area contributed by atoms with Crippen LogP contribution in [0.5, 0.6) is 5.75 Å². The Morgan fingerprint density at radius 1 is 1.39 bits per heavy atom. The minimum absolute atomic E-state index is 0.0288. The van der Waals surface area contributed by atoms with Crippen molar-refractivity contribution >= 4 is 11.8 Å². The molecule has 2 aromatic rings. The third-order valence-electron chi connectivity index (χ3n) is 3.64. The van der Waals surface area contributed by atoms with Crippen LogP contribution < -0.4 is 27.1 Å². The highest BCUT2D eigenvalue weighted by molar-refractivity contribution is 5.64. The highest BCUT2D eigenvalue weighted by Gasteiger charge is 2.32. The Morgan fingerprint density at radius 3 is 2.87 bits per heavy atom. The average Bonchev–Trinajstić information content (AvgIpc) is 2.53. The molecule has 0 spiro atoms. The van der Waals surface area contributed by atoms with Crippen LogP contribution in [0.1, 0.15) is 17.0 Å². The number of nitrogens with one attached hydrogen (secondary N) is 2. The summed E-state index contributed by atoms with van der Waals surface area (Å²) in [5.41, 5.74) is 12.3. The molecule has 0 amide bonds. The van der Waals surface area contributed by atoms with Crippen LogP contribution in [0.2, 0.25) is 0 Å². The number of methoxy groups -OCH3 is 1. The quantitative estimate of drug-likeness (QED) is 0.636. The number of hydrogen-bond donors (Lipinski definition) is 4. The molecule has 0 aliphatic carbocycles. The fourth-order valence-electron chi connectivity index (χ4n) is 2.64. The van der Waals surface area contributed by atoms with Crippen molar-refractivity contribution in [3.8, 4) is 11.8 Å². The van der Waals surface area contributed by atoms with Gasteiger partial charge in [0.2, 0.25) is 5.95 Å². The van der Waals surface area contributed by atoms with Gasteiger partial charge >= 0.3 is 0 Å². The molecule has 0 fully saturated rings. The summed E-state index contributed by atoms with van der Waals surface area (Å²) in [5.74, 6) is 0.321. The minimum Gasteiger partial charge on any atom is -0.497 e. The number of rotatable bonds is 2. The van der Waals surface area contributed by atoms with Crippen LogP contribution in [0.25, 0.3) is 0 Å². The third-order valence-corrected chi connectivity index (χ3v) is 3.64. The predicted molar refractivity (Wildman–Crippen MR) is 84.6 cm³/mol. The Balaban J connectivity index is 2.29.